The van der Waals surface area contributed by atoms with Gasteiger partial charge in [-0.15, -0.1) is 0 Å². The SMILES string of the molecule is CCn1nc2c(c1C#N)CS(=O)(=O)CC2. The third-order valence-electron chi connectivity index (χ3n) is 2.55. The molecule has 0 saturated carbocycles. The molecule has 0 amide bonds. The van der Waals surface area contributed by atoms with Crippen molar-refractivity contribution in [2.45, 2.75) is 25.6 Å². The Morgan fingerprint density at radius 2 is 2.33 bits per heavy atom. The summed E-state index contributed by atoms with van der Waals surface area (Å²) in [4.78, 5) is 0. The lowest BCUT2D eigenvalue weighted by Gasteiger charge is -2.09. The van der Waals surface area contributed by atoms with Crippen LogP contribution in [0.1, 0.15) is 23.9 Å². The Morgan fingerprint density at radius 3 is 2.93 bits per heavy atom. The third-order valence-corrected chi connectivity index (χ3v) is 4.11. The van der Waals surface area contributed by atoms with Gasteiger partial charge in [0.25, 0.3) is 0 Å². The van der Waals surface area contributed by atoms with Crippen molar-refractivity contribution in [3.8, 4) is 6.07 Å². The summed E-state index contributed by atoms with van der Waals surface area (Å²) in [7, 11) is -3.03. The summed E-state index contributed by atoms with van der Waals surface area (Å²) in [6.07, 6.45) is 0.430. The number of hydrogen-bond donors (Lipinski definition) is 0. The molecule has 0 fully saturated rings. The molecule has 1 aromatic rings. The zero-order chi connectivity index (χ0) is 11.1. The molecular weight excluding hydrogens is 214 g/mol. The molecular formula is C9H11N3O2S. The number of aryl methyl sites for hydroxylation is 2. The Kier molecular flexibility index (Phi) is 2.27. The molecule has 1 aliphatic heterocycles. The second kappa shape index (κ2) is 3.35. The normalized spacial score (nSPS) is 18.1. The van der Waals surface area contributed by atoms with E-state index >= 15 is 0 Å². The van der Waals surface area contributed by atoms with E-state index in [4.69, 9.17) is 5.26 Å². The zero-order valence-corrected chi connectivity index (χ0v) is 9.21. The fourth-order valence-electron chi connectivity index (χ4n) is 1.80. The molecule has 0 spiro atoms. The van der Waals surface area contributed by atoms with Gasteiger partial charge in [0.1, 0.15) is 11.8 Å². The molecule has 0 aliphatic carbocycles. The maximum atomic E-state index is 11.4. The Morgan fingerprint density at radius 1 is 1.60 bits per heavy atom. The van der Waals surface area contributed by atoms with Crippen LogP contribution in [0.15, 0.2) is 0 Å². The van der Waals surface area contributed by atoms with Crippen LogP contribution >= 0.6 is 0 Å². The van der Waals surface area contributed by atoms with Gasteiger partial charge < -0.3 is 0 Å². The molecule has 0 aromatic carbocycles. The Balaban J connectivity index is 2.59. The maximum Gasteiger partial charge on any atom is 0.155 e. The van der Waals surface area contributed by atoms with Gasteiger partial charge in [0.05, 0.1) is 17.2 Å². The minimum absolute atomic E-state index is 0.0365. The number of rotatable bonds is 1. The van der Waals surface area contributed by atoms with E-state index in [2.05, 4.69) is 5.10 Å². The molecule has 1 aromatic heterocycles. The summed E-state index contributed by atoms with van der Waals surface area (Å²) >= 11 is 0. The van der Waals surface area contributed by atoms with Gasteiger partial charge in [0.15, 0.2) is 9.84 Å². The summed E-state index contributed by atoms with van der Waals surface area (Å²) in [5.74, 6) is 0.108. The molecule has 15 heavy (non-hydrogen) atoms. The smallest absolute Gasteiger partial charge is 0.155 e. The van der Waals surface area contributed by atoms with E-state index in [1.807, 2.05) is 13.0 Å². The number of fused-ring (bicyclic) bond motifs is 1. The fourth-order valence-corrected chi connectivity index (χ4v) is 3.19. The summed E-state index contributed by atoms with van der Waals surface area (Å²) in [5.41, 5.74) is 1.77. The quantitative estimate of drug-likeness (QED) is 0.686. The first-order valence-corrected chi connectivity index (χ1v) is 6.58. The monoisotopic (exact) mass is 225 g/mol. The predicted molar refractivity (Wildman–Crippen MR) is 53.8 cm³/mol. The van der Waals surface area contributed by atoms with Crippen molar-refractivity contribution in [1.82, 2.24) is 9.78 Å². The Bertz CT molecular complexity index is 536. The van der Waals surface area contributed by atoms with Crippen LogP contribution in [0.5, 0.6) is 0 Å². The molecule has 1 aliphatic rings. The van der Waals surface area contributed by atoms with Crippen molar-refractivity contribution in [3.63, 3.8) is 0 Å². The first-order chi connectivity index (χ1) is 7.07. The highest BCUT2D eigenvalue weighted by Gasteiger charge is 2.27. The van der Waals surface area contributed by atoms with Gasteiger partial charge in [-0.3, -0.25) is 4.68 Å². The van der Waals surface area contributed by atoms with E-state index in [9.17, 15) is 8.42 Å². The largest absolute Gasteiger partial charge is 0.255 e. The molecule has 80 valence electrons. The topological polar surface area (TPSA) is 75.8 Å². The lowest BCUT2D eigenvalue weighted by Crippen LogP contribution is -2.18. The van der Waals surface area contributed by atoms with Gasteiger partial charge in [-0.2, -0.15) is 10.4 Å². The maximum absolute atomic E-state index is 11.4. The van der Waals surface area contributed by atoms with E-state index in [1.54, 1.807) is 4.68 Å². The van der Waals surface area contributed by atoms with Crippen LogP contribution < -0.4 is 0 Å². The molecule has 2 heterocycles. The summed E-state index contributed by atoms with van der Waals surface area (Å²) in [6.45, 7) is 2.48. The van der Waals surface area contributed by atoms with E-state index < -0.39 is 9.84 Å². The van der Waals surface area contributed by atoms with E-state index in [-0.39, 0.29) is 11.5 Å². The van der Waals surface area contributed by atoms with E-state index in [0.29, 0.717) is 24.2 Å². The standard InChI is InChI=1S/C9H11N3O2S/c1-2-12-9(5-10)7-6-15(13,14)4-3-8(7)11-12/h2-4,6H2,1H3. The summed E-state index contributed by atoms with van der Waals surface area (Å²) in [6, 6.07) is 2.03. The minimum atomic E-state index is -3.03. The van der Waals surface area contributed by atoms with Crippen LogP contribution in [-0.2, 0) is 28.6 Å². The highest BCUT2D eigenvalue weighted by molar-refractivity contribution is 7.90. The highest BCUT2D eigenvalue weighted by Crippen LogP contribution is 2.23. The van der Waals surface area contributed by atoms with Crippen molar-refractivity contribution in [3.05, 3.63) is 17.0 Å². The fraction of sp³-hybridized carbons (Fsp3) is 0.556. The van der Waals surface area contributed by atoms with E-state index in [0.717, 1.165) is 5.69 Å². The average molecular weight is 225 g/mol. The lowest BCUT2D eigenvalue weighted by atomic mass is 10.2. The van der Waals surface area contributed by atoms with Crippen LogP contribution in [-0.4, -0.2) is 24.0 Å². The second-order valence-electron chi connectivity index (χ2n) is 3.54. The number of sulfone groups is 1. The van der Waals surface area contributed by atoms with Crippen LogP contribution in [0, 0.1) is 11.3 Å². The molecule has 5 nitrogen and oxygen atoms in total. The molecule has 0 saturated heterocycles. The van der Waals surface area contributed by atoms with Crippen LogP contribution in [0.4, 0.5) is 0 Å². The van der Waals surface area contributed by atoms with Crippen molar-refractivity contribution < 1.29 is 8.42 Å². The molecule has 0 unspecified atom stereocenters. The van der Waals surface area contributed by atoms with Crippen LogP contribution in [0.2, 0.25) is 0 Å². The van der Waals surface area contributed by atoms with Gasteiger partial charge >= 0.3 is 0 Å². The Hall–Kier alpha value is -1.35. The van der Waals surface area contributed by atoms with Crippen LogP contribution in [0.3, 0.4) is 0 Å². The van der Waals surface area contributed by atoms with Crippen molar-refractivity contribution in [1.29, 1.82) is 5.26 Å². The van der Waals surface area contributed by atoms with Crippen molar-refractivity contribution in [2.24, 2.45) is 0 Å². The average Bonchev–Trinajstić information content (AvgIpc) is 2.53. The number of hydrogen-bond acceptors (Lipinski definition) is 4. The summed E-state index contributed by atoms with van der Waals surface area (Å²) < 4.78 is 24.4. The molecule has 6 heteroatoms. The lowest BCUT2D eigenvalue weighted by molar-refractivity contribution is 0.590. The van der Waals surface area contributed by atoms with Crippen molar-refractivity contribution >= 4 is 9.84 Å². The number of nitriles is 1. The van der Waals surface area contributed by atoms with Gasteiger partial charge in [0.2, 0.25) is 0 Å². The molecule has 0 bridgehead atoms. The Labute approximate surface area is 88.2 Å². The first-order valence-electron chi connectivity index (χ1n) is 4.76. The van der Waals surface area contributed by atoms with Gasteiger partial charge in [-0.1, -0.05) is 0 Å². The van der Waals surface area contributed by atoms with Gasteiger partial charge in [-0.25, -0.2) is 8.42 Å². The molecule has 0 atom stereocenters. The summed E-state index contributed by atoms with van der Waals surface area (Å²) in [5, 5.41) is 13.2. The van der Waals surface area contributed by atoms with Crippen LogP contribution in [0.25, 0.3) is 0 Å². The molecule has 0 radical (unpaired) electrons. The first kappa shape index (κ1) is 10.2. The third kappa shape index (κ3) is 1.63. The van der Waals surface area contributed by atoms with Crippen molar-refractivity contribution in [2.75, 3.05) is 5.75 Å². The van der Waals surface area contributed by atoms with Gasteiger partial charge in [0, 0.05) is 18.5 Å². The van der Waals surface area contributed by atoms with Gasteiger partial charge in [-0.05, 0) is 6.92 Å². The highest BCUT2D eigenvalue weighted by atomic mass is 32.2. The predicted octanol–water partition coefficient (Wildman–Crippen LogP) is 0.246. The number of nitrogens with zero attached hydrogens (tertiary/aromatic N) is 3. The minimum Gasteiger partial charge on any atom is -0.255 e. The molecule has 0 N–H and O–H groups in total. The molecule has 2 rings (SSSR count). The van der Waals surface area contributed by atoms with E-state index in [1.165, 1.54) is 0 Å². The number of aromatic nitrogens is 2. The second-order valence-corrected chi connectivity index (χ2v) is 5.73. The zero-order valence-electron chi connectivity index (χ0n) is 8.39.